The van der Waals surface area contributed by atoms with Gasteiger partial charge in [-0.05, 0) is 74.7 Å². The molecule has 7 nitrogen and oxygen atoms in total. The quantitative estimate of drug-likeness (QED) is 0.526. The predicted molar refractivity (Wildman–Crippen MR) is 118 cm³/mol. The lowest BCUT2D eigenvalue weighted by Gasteiger charge is -2.09. The molecule has 0 aliphatic heterocycles. The number of nitrogens with one attached hydrogen (secondary N) is 2. The Labute approximate surface area is 183 Å². The maximum atomic E-state index is 13.3. The minimum Gasteiger partial charge on any atom is -0.354 e. The molecule has 1 aromatic carbocycles. The van der Waals surface area contributed by atoms with Gasteiger partial charge in [0.05, 0.1) is 5.69 Å². The topological polar surface area (TPSA) is 101 Å². The van der Waals surface area contributed by atoms with Crippen LogP contribution in [0.4, 0.5) is 15.8 Å². The Bertz CT molecular complexity index is 1270. The smallest absolute Gasteiger partial charge is 0.271 e. The van der Waals surface area contributed by atoms with Crippen LogP contribution in [-0.4, -0.2) is 19.5 Å². The maximum absolute atomic E-state index is 13.3. The predicted octanol–water partition coefficient (Wildman–Crippen LogP) is 4.81. The zero-order valence-corrected chi connectivity index (χ0v) is 18.4. The van der Waals surface area contributed by atoms with Gasteiger partial charge in [-0.25, -0.2) is 12.8 Å². The summed E-state index contributed by atoms with van der Waals surface area (Å²) in [5.41, 5.74) is 1.90. The second-order valence-corrected chi connectivity index (χ2v) is 10.4. The molecule has 1 aliphatic rings. The van der Waals surface area contributed by atoms with Crippen molar-refractivity contribution in [2.45, 2.75) is 30.9 Å². The van der Waals surface area contributed by atoms with Crippen molar-refractivity contribution in [1.29, 1.82) is 0 Å². The van der Waals surface area contributed by atoms with Gasteiger partial charge >= 0.3 is 0 Å². The molecule has 1 amide bonds. The normalized spacial score (nSPS) is 14.2. The number of hydrogen-bond donors (Lipinski definition) is 2. The van der Waals surface area contributed by atoms with Gasteiger partial charge in [0.1, 0.15) is 21.4 Å². The Morgan fingerprint density at radius 1 is 1.23 bits per heavy atom. The molecule has 31 heavy (non-hydrogen) atoms. The summed E-state index contributed by atoms with van der Waals surface area (Å²) in [6.45, 7) is 3.37. The maximum Gasteiger partial charge on any atom is 0.271 e. The SMILES string of the molecule is Cc1cc(F)ccc1NS(=O)(=O)c1ccc(C=Cc2onc(C)c2NC(=O)C2CC2)s1. The molecule has 1 saturated carbocycles. The van der Waals surface area contributed by atoms with Crippen molar-refractivity contribution >= 4 is 50.8 Å². The number of aromatic nitrogens is 1. The second kappa shape index (κ2) is 8.27. The fourth-order valence-electron chi connectivity index (χ4n) is 2.89. The van der Waals surface area contributed by atoms with Gasteiger partial charge in [-0.3, -0.25) is 9.52 Å². The lowest BCUT2D eigenvalue weighted by Crippen LogP contribution is -2.14. The Balaban J connectivity index is 1.50. The molecule has 2 aromatic heterocycles. The highest BCUT2D eigenvalue weighted by atomic mass is 32.2. The fourth-order valence-corrected chi connectivity index (χ4v) is 5.25. The third-order valence-electron chi connectivity index (χ3n) is 4.78. The molecule has 0 saturated heterocycles. The Morgan fingerprint density at radius 2 is 2.00 bits per heavy atom. The number of sulfonamides is 1. The van der Waals surface area contributed by atoms with Gasteiger partial charge in [0.2, 0.25) is 5.91 Å². The first-order chi connectivity index (χ1) is 14.7. The van der Waals surface area contributed by atoms with E-state index in [0.717, 1.165) is 24.2 Å². The molecule has 0 bridgehead atoms. The molecule has 0 atom stereocenters. The molecule has 3 aromatic rings. The van der Waals surface area contributed by atoms with E-state index < -0.39 is 15.8 Å². The summed E-state index contributed by atoms with van der Waals surface area (Å²) in [5.74, 6) is -0.0373. The Morgan fingerprint density at radius 3 is 2.71 bits per heavy atom. The summed E-state index contributed by atoms with van der Waals surface area (Å²) in [5, 5.41) is 6.74. The van der Waals surface area contributed by atoms with Gasteiger partial charge in [-0.2, -0.15) is 0 Å². The third kappa shape index (κ3) is 4.86. The summed E-state index contributed by atoms with van der Waals surface area (Å²) in [6, 6.07) is 7.01. The number of carbonyl (C=O) groups excluding carboxylic acids is 1. The number of thiophene rings is 1. The first kappa shape index (κ1) is 21.3. The summed E-state index contributed by atoms with van der Waals surface area (Å²) in [4.78, 5) is 12.7. The molecule has 2 N–H and O–H groups in total. The van der Waals surface area contributed by atoms with Crippen molar-refractivity contribution < 1.29 is 22.1 Å². The number of benzene rings is 1. The van der Waals surface area contributed by atoms with E-state index in [1.165, 1.54) is 24.3 Å². The number of anilines is 2. The lowest BCUT2D eigenvalue weighted by atomic mass is 10.2. The zero-order valence-electron chi connectivity index (χ0n) is 16.8. The summed E-state index contributed by atoms with van der Waals surface area (Å²) in [6.07, 6.45) is 5.11. The number of hydrogen-bond acceptors (Lipinski definition) is 6. The fraction of sp³-hybridized carbons (Fsp3) is 0.238. The minimum atomic E-state index is -3.81. The first-order valence-corrected chi connectivity index (χ1v) is 11.9. The summed E-state index contributed by atoms with van der Waals surface area (Å²) in [7, 11) is -3.81. The van der Waals surface area contributed by atoms with Gasteiger partial charge in [-0.15, -0.1) is 11.3 Å². The van der Waals surface area contributed by atoms with Crippen LogP contribution in [0.3, 0.4) is 0 Å². The van der Waals surface area contributed by atoms with E-state index in [1.807, 2.05) is 0 Å². The lowest BCUT2D eigenvalue weighted by molar-refractivity contribution is -0.117. The van der Waals surface area contributed by atoms with Crippen LogP contribution in [0.1, 0.15) is 34.7 Å². The van der Waals surface area contributed by atoms with Crippen molar-refractivity contribution in [3.63, 3.8) is 0 Å². The second-order valence-electron chi connectivity index (χ2n) is 7.33. The van der Waals surface area contributed by atoms with Crippen LogP contribution in [0.2, 0.25) is 0 Å². The van der Waals surface area contributed by atoms with Crippen LogP contribution in [0.25, 0.3) is 12.2 Å². The van der Waals surface area contributed by atoms with Crippen LogP contribution in [0.5, 0.6) is 0 Å². The minimum absolute atomic E-state index is 0.0485. The molecule has 162 valence electrons. The number of rotatable bonds is 7. The summed E-state index contributed by atoms with van der Waals surface area (Å²) < 4.78 is 46.5. The van der Waals surface area contributed by atoms with Gasteiger partial charge < -0.3 is 9.84 Å². The van der Waals surface area contributed by atoms with Crippen molar-refractivity contribution in [3.05, 3.63) is 58.0 Å². The number of halogens is 1. The number of amides is 1. The molecule has 4 rings (SSSR count). The van der Waals surface area contributed by atoms with E-state index in [1.54, 1.807) is 32.1 Å². The van der Waals surface area contributed by atoms with Crippen LogP contribution in [0, 0.1) is 25.6 Å². The van der Waals surface area contributed by atoms with Crippen LogP contribution in [-0.2, 0) is 14.8 Å². The van der Waals surface area contributed by atoms with Gasteiger partial charge in [-0.1, -0.05) is 5.16 Å². The number of carbonyl (C=O) groups is 1. The van der Waals surface area contributed by atoms with Gasteiger partial charge in [0.25, 0.3) is 10.0 Å². The standard InChI is InChI=1S/C21H20FN3O4S2/c1-12-11-15(22)5-8-17(12)25-31(27,28)19-10-7-16(30-19)6-9-18-20(13(2)24-29-18)23-21(26)14-3-4-14/h5-11,14,25H,3-4H2,1-2H3,(H,23,26). The van der Waals surface area contributed by atoms with Gasteiger partial charge in [0, 0.05) is 10.8 Å². The van der Waals surface area contributed by atoms with E-state index in [0.29, 0.717) is 33.3 Å². The van der Waals surface area contributed by atoms with Crippen molar-refractivity contribution in [2.24, 2.45) is 5.92 Å². The largest absolute Gasteiger partial charge is 0.354 e. The number of nitrogens with zero attached hydrogens (tertiary/aromatic N) is 1. The number of aryl methyl sites for hydroxylation is 2. The average Bonchev–Trinajstić information content (AvgIpc) is 3.36. The molecule has 0 radical (unpaired) electrons. The molecule has 2 heterocycles. The first-order valence-electron chi connectivity index (χ1n) is 9.57. The van der Waals surface area contributed by atoms with Crippen molar-refractivity contribution in [3.8, 4) is 0 Å². The molecule has 1 fully saturated rings. The monoisotopic (exact) mass is 461 g/mol. The van der Waals surface area contributed by atoms with Crippen molar-refractivity contribution in [1.82, 2.24) is 5.16 Å². The molecule has 10 heteroatoms. The van der Waals surface area contributed by atoms with E-state index in [9.17, 15) is 17.6 Å². The zero-order chi connectivity index (χ0) is 22.2. The van der Waals surface area contributed by atoms with E-state index in [-0.39, 0.29) is 16.0 Å². The van der Waals surface area contributed by atoms with Crippen LogP contribution >= 0.6 is 11.3 Å². The third-order valence-corrected chi connectivity index (χ3v) is 7.69. The Kier molecular flexibility index (Phi) is 5.67. The highest BCUT2D eigenvalue weighted by Crippen LogP contribution is 2.32. The molecular weight excluding hydrogens is 441 g/mol. The highest BCUT2D eigenvalue weighted by molar-refractivity contribution is 7.94. The van der Waals surface area contributed by atoms with Crippen LogP contribution in [0.15, 0.2) is 39.1 Å². The van der Waals surface area contributed by atoms with Crippen molar-refractivity contribution in [2.75, 3.05) is 10.0 Å². The molecule has 0 unspecified atom stereocenters. The summed E-state index contributed by atoms with van der Waals surface area (Å²) >= 11 is 1.07. The van der Waals surface area contributed by atoms with E-state index in [2.05, 4.69) is 15.2 Å². The highest BCUT2D eigenvalue weighted by Gasteiger charge is 2.30. The van der Waals surface area contributed by atoms with Gasteiger partial charge in [0.15, 0.2) is 5.76 Å². The average molecular weight is 462 g/mol. The Hall–Kier alpha value is -2.98. The van der Waals surface area contributed by atoms with Crippen LogP contribution < -0.4 is 10.0 Å². The van der Waals surface area contributed by atoms with E-state index >= 15 is 0 Å². The molecular formula is C21H20FN3O4S2. The molecule has 1 aliphatic carbocycles. The molecule has 0 spiro atoms. The van der Waals surface area contributed by atoms with E-state index in [4.69, 9.17) is 4.52 Å².